The third-order valence-electron chi connectivity index (χ3n) is 4.94. The number of imide groups is 1. The third-order valence-corrected chi connectivity index (χ3v) is 5.25. The standard InChI is InChI=1S/C18H20ClFN4O4/c1-18(12-5-4-11(20)8-13(12)19)16(27)24(17(28)22-18)10-14(25)21-9-15(26)23-6-2-3-7-23/h4-5,8H,2-3,6-7,9-10H2,1H3,(H,21,25)(H,22,28). The van der Waals surface area contributed by atoms with Gasteiger partial charge in [-0.05, 0) is 31.9 Å². The van der Waals surface area contributed by atoms with E-state index in [0.29, 0.717) is 13.1 Å². The van der Waals surface area contributed by atoms with Gasteiger partial charge in [0.25, 0.3) is 5.91 Å². The number of benzene rings is 1. The second kappa shape index (κ2) is 7.75. The van der Waals surface area contributed by atoms with Crippen LogP contribution in [0.3, 0.4) is 0 Å². The Hall–Kier alpha value is -2.68. The molecule has 5 amide bonds. The summed E-state index contributed by atoms with van der Waals surface area (Å²) in [4.78, 5) is 51.6. The summed E-state index contributed by atoms with van der Waals surface area (Å²) in [6.07, 6.45) is 1.87. The van der Waals surface area contributed by atoms with Gasteiger partial charge in [-0.15, -0.1) is 0 Å². The molecular weight excluding hydrogens is 391 g/mol. The van der Waals surface area contributed by atoms with E-state index in [0.717, 1.165) is 29.9 Å². The van der Waals surface area contributed by atoms with Crippen LogP contribution in [-0.2, 0) is 19.9 Å². The van der Waals surface area contributed by atoms with Gasteiger partial charge in [0.05, 0.1) is 6.54 Å². The highest BCUT2D eigenvalue weighted by molar-refractivity contribution is 6.32. The van der Waals surface area contributed by atoms with Crippen LogP contribution in [0.1, 0.15) is 25.3 Å². The topological polar surface area (TPSA) is 98.8 Å². The summed E-state index contributed by atoms with van der Waals surface area (Å²) >= 11 is 6.03. The first-order valence-corrected chi connectivity index (χ1v) is 9.24. The van der Waals surface area contributed by atoms with Gasteiger partial charge in [0, 0.05) is 23.7 Å². The quantitative estimate of drug-likeness (QED) is 0.707. The van der Waals surface area contributed by atoms with Crippen LogP contribution in [0.5, 0.6) is 0 Å². The van der Waals surface area contributed by atoms with Crippen molar-refractivity contribution in [3.05, 3.63) is 34.6 Å². The maximum Gasteiger partial charge on any atom is 0.325 e. The van der Waals surface area contributed by atoms with E-state index in [2.05, 4.69) is 10.6 Å². The summed E-state index contributed by atoms with van der Waals surface area (Å²) < 4.78 is 13.3. The first-order chi connectivity index (χ1) is 13.2. The van der Waals surface area contributed by atoms with E-state index in [1.54, 1.807) is 4.90 Å². The molecule has 0 saturated carbocycles. The van der Waals surface area contributed by atoms with Crippen molar-refractivity contribution < 1.29 is 23.6 Å². The van der Waals surface area contributed by atoms with Crippen LogP contribution in [0.4, 0.5) is 9.18 Å². The Kier molecular flexibility index (Phi) is 5.55. The molecule has 8 nitrogen and oxygen atoms in total. The molecule has 1 aromatic rings. The number of amides is 5. The number of hydrogen-bond acceptors (Lipinski definition) is 4. The number of urea groups is 1. The number of rotatable bonds is 5. The van der Waals surface area contributed by atoms with Crippen LogP contribution in [0.25, 0.3) is 0 Å². The van der Waals surface area contributed by atoms with Crippen molar-refractivity contribution in [1.29, 1.82) is 0 Å². The van der Waals surface area contributed by atoms with E-state index >= 15 is 0 Å². The lowest BCUT2D eigenvalue weighted by atomic mass is 9.92. The molecule has 0 radical (unpaired) electrons. The Morgan fingerprint density at radius 2 is 1.96 bits per heavy atom. The largest absolute Gasteiger partial charge is 0.345 e. The maximum atomic E-state index is 13.3. The van der Waals surface area contributed by atoms with Gasteiger partial charge in [0.15, 0.2) is 0 Å². The number of likely N-dealkylation sites (tertiary alicyclic amines) is 1. The Labute approximate surface area is 166 Å². The van der Waals surface area contributed by atoms with Crippen molar-refractivity contribution in [2.45, 2.75) is 25.3 Å². The summed E-state index contributed by atoms with van der Waals surface area (Å²) in [6.45, 7) is 2.04. The van der Waals surface area contributed by atoms with Crippen molar-refractivity contribution in [3.8, 4) is 0 Å². The summed E-state index contributed by atoms with van der Waals surface area (Å²) in [7, 11) is 0. The van der Waals surface area contributed by atoms with Crippen LogP contribution in [0.15, 0.2) is 18.2 Å². The van der Waals surface area contributed by atoms with E-state index in [1.165, 1.54) is 13.0 Å². The molecular formula is C18H20ClFN4O4. The van der Waals surface area contributed by atoms with Gasteiger partial charge < -0.3 is 15.5 Å². The number of carbonyl (C=O) groups excluding carboxylic acids is 4. The molecule has 0 aliphatic carbocycles. The number of nitrogens with zero attached hydrogens (tertiary/aromatic N) is 2. The van der Waals surface area contributed by atoms with Gasteiger partial charge >= 0.3 is 6.03 Å². The van der Waals surface area contributed by atoms with E-state index in [9.17, 15) is 23.6 Å². The Morgan fingerprint density at radius 1 is 1.29 bits per heavy atom. The Bertz CT molecular complexity index is 843. The Balaban J connectivity index is 1.64. The molecule has 2 aliphatic heterocycles. The van der Waals surface area contributed by atoms with Gasteiger partial charge in [-0.25, -0.2) is 9.18 Å². The average molecular weight is 411 g/mol. The zero-order valence-corrected chi connectivity index (χ0v) is 16.0. The zero-order chi connectivity index (χ0) is 20.5. The molecule has 28 heavy (non-hydrogen) atoms. The molecule has 0 bridgehead atoms. The summed E-state index contributed by atoms with van der Waals surface area (Å²) in [5.74, 6) is -2.10. The highest BCUT2D eigenvalue weighted by atomic mass is 35.5. The normalized spacial score (nSPS) is 21.8. The first kappa shape index (κ1) is 20.1. The van der Waals surface area contributed by atoms with E-state index in [-0.39, 0.29) is 23.0 Å². The highest BCUT2D eigenvalue weighted by Gasteiger charge is 2.50. The van der Waals surface area contributed by atoms with E-state index in [1.807, 2.05) is 0 Å². The van der Waals surface area contributed by atoms with Crippen molar-refractivity contribution >= 4 is 35.4 Å². The monoisotopic (exact) mass is 410 g/mol. The fraction of sp³-hybridized carbons (Fsp3) is 0.444. The van der Waals surface area contributed by atoms with Gasteiger partial charge in [0.1, 0.15) is 17.9 Å². The molecule has 1 unspecified atom stereocenters. The minimum absolute atomic E-state index is 0.0151. The van der Waals surface area contributed by atoms with Crippen LogP contribution in [0.2, 0.25) is 5.02 Å². The van der Waals surface area contributed by atoms with Gasteiger partial charge in [-0.1, -0.05) is 17.7 Å². The zero-order valence-electron chi connectivity index (χ0n) is 15.3. The second-order valence-corrected chi connectivity index (χ2v) is 7.34. The van der Waals surface area contributed by atoms with Gasteiger partial charge in [-0.2, -0.15) is 0 Å². The lowest BCUT2D eigenvalue weighted by Crippen LogP contribution is -2.45. The maximum absolute atomic E-state index is 13.3. The molecule has 2 heterocycles. The predicted molar refractivity (Wildman–Crippen MR) is 97.8 cm³/mol. The predicted octanol–water partition coefficient (Wildman–Crippen LogP) is 0.985. The van der Waals surface area contributed by atoms with Crippen molar-refractivity contribution in [3.63, 3.8) is 0 Å². The minimum atomic E-state index is -1.52. The van der Waals surface area contributed by atoms with Gasteiger partial charge in [0.2, 0.25) is 11.8 Å². The fourth-order valence-electron chi connectivity index (χ4n) is 3.37. The molecule has 2 N–H and O–H groups in total. The first-order valence-electron chi connectivity index (χ1n) is 8.86. The highest BCUT2D eigenvalue weighted by Crippen LogP contribution is 2.33. The molecule has 0 aromatic heterocycles. The number of carbonyl (C=O) groups is 4. The van der Waals surface area contributed by atoms with Crippen molar-refractivity contribution in [1.82, 2.24) is 20.4 Å². The molecule has 3 rings (SSSR count). The molecule has 0 spiro atoms. The van der Waals surface area contributed by atoms with Crippen LogP contribution in [-0.4, -0.2) is 59.7 Å². The van der Waals surface area contributed by atoms with Crippen LogP contribution in [0, 0.1) is 5.82 Å². The average Bonchev–Trinajstić information content (AvgIpc) is 3.24. The van der Waals surface area contributed by atoms with Crippen molar-refractivity contribution in [2.24, 2.45) is 0 Å². The number of nitrogens with one attached hydrogen (secondary N) is 2. The second-order valence-electron chi connectivity index (χ2n) is 6.94. The fourth-order valence-corrected chi connectivity index (χ4v) is 3.73. The van der Waals surface area contributed by atoms with Gasteiger partial charge in [-0.3, -0.25) is 19.3 Å². The number of halogens is 2. The lowest BCUT2D eigenvalue weighted by molar-refractivity contribution is -0.135. The molecule has 10 heteroatoms. The number of hydrogen-bond donors (Lipinski definition) is 2. The van der Waals surface area contributed by atoms with E-state index in [4.69, 9.17) is 11.6 Å². The molecule has 2 aliphatic rings. The molecule has 1 atom stereocenters. The van der Waals surface area contributed by atoms with Crippen molar-refractivity contribution in [2.75, 3.05) is 26.2 Å². The third kappa shape index (κ3) is 3.80. The Morgan fingerprint density at radius 3 is 2.61 bits per heavy atom. The van der Waals surface area contributed by atoms with E-state index < -0.39 is 35.7 Å². The molecule has 150 valence electrons. The molecule has 1 aromatic carbocycles. The summed E-state index contributed by atoms with van der Waals surface area (Å²) in [5, 5.41) is 4.92. The van der Waals surface area contributed by atoms with Crippen LogP contribution >= 0.6 is 11.6 Å². The van der Waals surface area contributed by atoms with Crippen LogP contribution < -0.4 is 10.6 Å². The molecule has 2 fully saturated rings. The summed E-state index contributed by atoms with van der Waals surface area (Å²) in [6, 6.07) is 2.72. The minimum Gasteiger partial charge on any atom is -0.345 e. The SMILES string of the molecule is CC1(c2ccc(F)cc2Cl)NC(=O)N(CC(=O)NCC(=O)N2CCCC2)C1=O. The lowest BCUT2D eigenvalue weighted by Gasteiger charge is -2.23. The molecule has 2 saturated heterocycles. The summed E-state index contributed by atoms with van der Waals surface area (Å²) in [5.41, 5.74) is -1.30. The smallest absolute Gasteiger partial charge is 0.325 e.